The van der Waals surface area contributed by atoms with Crippen LogP contribution in [-0.2, 0) is 6.54 Å². The van der Waals surface area contributed by atoms with Gasteiger partial charge in [-0.3, -0.25) is 9.69 Å². The Morgan fingerprint density at radius 3 is 2.46 bits per heavy atom. The second-order valence-electron chi connectivity index (χ2n) is 10.9. The molecule has 1 amide bonds. The number of likely N-dealkylation sites (tertiary alicyclic amines) is 1. The van der Waals surface area contributed by atoms with Crippen molar-refractivity contribution in [1.29, 1.82) is 0 Å². The zero-order valence-electron chi connectivity index (χ0n) is 20.6. The van der Waals surface area contributed by atoms with Gasteiger partial charge in [-0.15, -0.1) is 13.2 Å². The Balaban J connectivity index is 1.26. The van der Waals surface area contributed by atoms with Gasteiger partial charge >= 0.3 is 6.36 Å². The van der Waals surface area contributed by atoms with Crippen molar-refractivity contribution in [3.63, 3.8) is 0 Å². The molecular formula is C28H32ClF3N2O3. The lowest BCUT2D eigenvalue weighted by Gasteiger charge is -2.36. The van der Waals surface area contributed by atoms with Crippen molar-refractivity contribution in [2.24, 2.45) is 17.8 Å². The number of carbonyl (C=O) groups excluding carboxylic acids is 1. The molecule has 0 spiro atoms. The molecule has 1 heterocycles. The summed E-state index contributed by atoms with van der Waals surface area (Å²) in [5.41, 5.74) is 0.425. The van der Waals surface area contributed by atoms with Crippen molar-refractivity contribution in [2.75, 3.05) is 26.2 Å². The van der Waals surface area contributed by atoms with Crippen LogP contribution in [0.25, 0.3) is 0 Å². The van der Waals surface area contributed by atoms with Crippen molar-refractivity contribution in [1.82, 2.24) is 9.80 Å². The highest BCUT2D eigenvalue weighted by Gasteiger charge is 2.56. The fourth-order valence-electron chi connectivity index (χ4n) is 6.26. The Bertz CT molecular complexity index is 1110. The van der Waals surface area contributed by atoms with E-state index in [2.05, 4.69) is 9.64 Å². The lowest BCUT2D eigenvalue weighted by molar-refractivity contribution is -0.274. The van der Waals surface area contributed by atoms with E-state index in [1.165, 1.54) is 24.6 Å². The third-order valence-corrected chi connectivity index (χ3v) is 8.28. The number of benzene rings is 2. The van der Waals surface area contributed by atoms with Crippen molar-refractivity contribution >= 4 is 17.5 Å². The van der Waals surface area contributed by atoms with E-state index in [1.54, 1.807) is 17.0 Å². The number of β-amino-alcohol motifs (C(OH)–C–C–N with tert-alkyl or cyclic N) is 1. The number of hydrogen-bond donors (Lipinski definition) is 1. The molecule has 1 aliphatic heterocycles. The topological polar surface area (TPSA) is 53.0 Å². The molecule has 2 unspecified atom stereocenters. The molecule has 2 aromatic carbocycles. The molecule has 2 saturated carbocycles. The SMILES string of the molecule is O=C(c1cccc(OC(F)(F)F)c1)N(Cc1cccc(Cl)c1)CC1C2CN(CC3(O)CCCCC3)CC21. The Kier molecular flexibility index (Phi) is 7.44. The number of nitrogens with zero attached hydrogens (tertiary/aromatic N) is 2. The van der Waals surface area contributed by atoms with E-state index in [0.29, 0.717) is 42.4 Å². The number of rotatable bonds is 8. The maximum Gasteiger partial charge on any atom is 0.573 e. The van der Waals surface area contributed by atoms with Gasteiger partial charge in [0.25, 0.3) is 5.91 Å². The first-order valence-electron chi connectivity index (χ1n) is 12.9. The zero-order chi connectivity index (χ0) is 26.2. The predicted octanol–water partition coefficient (Wildman–Crippen LogP) is 5.75. The van der Waals surface area contributed by atoms with Crippen LogP contribution in [0.2, 0.25) is 5.02 Å². The van der Waals surface area contributed by atoms with Gasteiger partial charge in [0.15, 0.2) is 0 Å². The van der Waals surface area contributed by atoms with Crippen LogP contribution in [0.1, 0.15) is 48.0 Å². The monoisotopic (exact) mass is 536 g/mol. The van der Waals surface area contributed by atoms with Gasteiger partial charge < -0.3 is 14.7 Å². The predicted molar refractivity (Wildman–Crippen MR) is 134 cm³/mol. The van der Waals surface area contributed by atoms with E-state index >= 15 is 0 Å². The molecule has 1 N–H and O–H groups in total. The molecule has 200 valence electrons. The van der Waals surface area contributed by atoms with Gasteiger partial charge in [-0.25, -0.2) is 0 Å². The molecule has 2 atom stereocenters. The molecule has 2 aliphatic carbocycles. The second kappa shape index (κ2) is 10.5. The van der Waals surface area contributed by atoms with Crippen molar-refractivity contribution < 1.29 is 27.8 Å². The van der Waals surface area contributed by atoms with E-state index in [4.69, 9.17) is 11.6 Å². The van der Waals surface area contributed by atoms with Gasteiger partial charge in [0.1, 0.15) is 5.75 Å². The minimum absolute atomic E-state index is 0.149. The van der Waals surface area contributed by atoms with Crippen LogP contribution >= 0.6 is 11.6 Å². The Labute approximate surface area is 220 Å². The number of hydrogen-bond acceptors (Lipinski definition) is 4. The third kappa shape index (κ3) is 6.59. The minimum Gasteiger partial charge on any atom is -0.406 e. The van der Waals surface area contributed by atoms with Crippen LogP contribution < -0.4 is 4.74 Å². The minimum atomic E-state index is -4.83. The van der Waals surface area contributed by atoms with Gasteiger partial charge in [-0.2, -0.15) is 0 Å². The van der Waals surface area contributed by atoms with Crippen LogP contribution in [0.15, 0.2) is 48.5 Å². The summed E-state index contributed by atoms with van der Waals surface area (Å²) in [6, 6.07) is 12.5. The fraction of sp³-hybridized carbons (Fsp3) is 0.536. The average Bonchev–Trinajstić information content (AvgIpc) is 3.26. The first-order valence-corrected chi connectivity index (χ1v) is 13.3. The van der Waals surface area contributed by atoms with Gasteiger partial charge in [0.05, 0.1) is 5.60 Å². The van der Waals surface area contributed by atoms with Crippen LogP contribution in [0.4, 0.5) is 13.2 Å². The maximum atomic E-state index is 13.5. The van der Waals surface area contributed by atoms with Gasteiger partial charge in [0.2, 0.25) is 0 Å². The summed E-state index contributed by atoms with van der Waals surface area (Å²) in [5, 5.41) is 11.5. The largest absolute Gasteiger partial charge is 0.573 e. The van der Waals surface area contributed by atoms with Gasteiger partial charge in [-0.1, -0.05) is 49.1 Å². The van der Waals surface area contributed by atoms with E-state index in [1.807, 2.05) is 12.1 Å². The average molecular weight is 537 g/mol. The van der Waals surface area contributed by atoms with Gasteiger partial charge in [0, 0.05) is 43.3 Å². The number of amides is 1. The molecule has 5 rings (SSSR count). The highest BCUT2D eigenvalue weighted by Crippen LogP contribution is 2.52. The highest BCUT2D eigenvalue weighted by molar-refractivity contribution is 6.30. The quantitative estimate of drug-likeness (QED) is 0.466. The molecule has 3 aliphatic rings. The number of alkyl halides is 3. The fourth-order valence-corrected chi connectivity index (χ4v) is 6.47. The van der Waals surface area contributed by atoms with Crippen LogP contribution in [0, 0.1) is 17.8 Å². The first-order chi connectivity index (χ1) is 17.6. The van der Waals surface area contributed by atoms with E-state index < -0.39 is 17.7 Å². The molecular weight excluding hydrogens is 505 g/mol. The number of piperidine rings is 1. The molecule has 0 aromatic heterocycles. The van der Waals surface area contributed by atoms with Gasteiger partial charge in [-0.05, 0) is 66.5 Å². The normalized spacial score (nSPS) is 24.9. The molecule has 1 saturated heterocycles. The molecule has 5 nitrogen and oxygen atoms in total. The second-order valence-corrected chi connectivity index (χ2v) is 11.3. The number of aliphatic hydroxyl groups is 1. The third-order valence-electron chi connectivity index (χ3n) is 8.04. The Morgan fingerprint density at radius 1 is 1.08 bits per heavy atom. The highest BCUT2D eigenvalue weighted by atomic mass is 35.5. The summed E-state index contributed by atoms with van der Waals surface area (Å²) < 4.78 is 42.2. The maximum absolute atomic E-state index is 13.5. The summed E-state index contributed by atoms with van der Waals surface area (Å²) in [6.45, 7) is 3.35. The molecule has 2 aromatic rings. The van der Waals surface area contributed by atoms with E-state index in [-0.39, 0.29) is 11.5 Å². The van der Waals surface area contributed by atoms with Crippen LogP contribution in [-0.4, -0.2) is 59.0 Å². The summed E-state index contributed by atoms with van der Waals surface area (Å²) in [4.78, 5) is 17.6. The Hall–Kier alpha value is -2.29. The van der Waals surface area contributed by atoms with Crippen LogP contribution in [0.3, 0.4) is 0 Å². The van der Waals surface area contributed by atoms with Crippen molar-refractivity contribution in [2.45, 2.75) is 50.6 Å². The molecule has 0 radical (unpaired) electrons. The molecule has 37 heavy (non-hydrogen) atoms. The number of carbonyl (C=O) groups is 1. The summed E-state index contributed by atoms with van der Waals surface area (Å²) in [7, 11) is 0. The smallest absolute Gasteiger partial charge is 0.406 e. The molecule has 3 fully saturated rings. The van der Waals surface area contributed by atoms with E-state index in [0.717, 1.165) is 50.4 Å². The van der Waals surface area contributed by atoms with E-state index in [9.17, 15) is 23.1 Å². The standard InChI is InChI=1S/C28H32ClF3N2O3/c29-21-8-4-6-19(12-21)14-34(26(35)20-7-5-9-22(13-20)37-28(30,31)32)17-25-23-15-33(16-24(23)25)18-27(36)10-2-1-3-11-27/h4-9,12-13,23-25,36H,1-3,10-11,14-18H2. The summed E-state index contributed by atoms with van der Waals surface area (Å²) in [6.07, 6.45) is 0.245. The number of fused-ring (bicyclic) bond motifs is 1. The number of ether oxygens (including phenoxy) is 1. The summed E-state index contributed by atoms with van der Waals surface area (Å²) in [5.74, 6) is 0.491. The molecule has 9 heteroatoms. The van der Waals surface area contributed by atoms with Crippen molar-refractivity contribution in [3.05, 3.63) is 64.7 Å². The number of halogens is 4. The summed E-state index contributed by atoms with van der Waals surface area (Å²) >= 11 is 6.16. The first kappa shape index (κ1) is 26.3. The van der Waals surface area contributed by atoms with Crippen LogP contribution in [0.5, 0.6) is 5.75 Å². The Morgan fingerprint density at radius 2 is 1.78 bits per heavy atom. The lowest BCUT2D eigenvalue weighted by Crippen LogP contribution is -2.45. The molecule has 0 bridgehead atoms. The van der Waals surface area contributed by atoms with Crippen molar-refractivity contribution in [3.8, 4) is 5.75 Å². The lowest BCUT2D eigenvalue weighted by atomic mass is 9.84. The zero-order valence-corrected chi connectivity index (χ0v) is 21.3.